The molecule has 1 aromatic carbocycles. The van der Waals surface area contributed by atoms with Crippen LogP contribution in [-0.4, -0.2) is 40.9 Å². The Morgan fingerprint density at radius 3 is 2.73 bits per heavy atom. The fourth-order valence-electron chi connectivity index (χ4n) is 3.14. The lowest BCUT2D eigenvalue weighted by atomic mass is 9.91. The maximum atomic E-state index is 13.1. The molecule has 2 aromatic rings. The summed E-state index contributed by atoms with van der Waals surface area (Å²) >= 11 is 1.31. The molecule has 1 fully saturated rings. The molecular weight excluding hydrogens is 357 g/mol. The molecule has 1 aliphatic heterocycles. The third-order valence-electron chi connectivity index (χ3n) is 4.46. The molecule has 2 amide bonds. The van der Waals surface area contributed by atoms with Crippen LogP contribution in [0.3, 0.4) is 0 Å². The number of benzene rings is 1. The monoisotopic (exact) mass is 377 g/mol. The highest BCUT2D eigenvalue weighted by Crippen LogP contribution is 2.27. The van der Waals surface area contributed by atoms with E-state index in [-0.39, 0.29) is 30.2 Å². The maximum absolute atomic E-state index is 13.1. The molecule has 2 heterocycles. The van der Waals surface area contributed by atoms with Gasteiger partial charge >= 0.3 is 0 Å². The molecule has 0 unspecified atom stereocenters. The van der Waals surface area contributed by atoms with Gasteiger partial charge in [0, 0.05) is 31.8 Å². The molecule has 0 radical (unpaired) electrons. The van der Waals surface area contributed by atoms with Gasteiger partial charge in [0.25, 0.3) is 5.91 Å². The van der Waals surface area contributed by atoms with Gasteiger partial charge in [-0.05, 0) is 31.2 Å². The van der Waals surface area contributed by atoms with E-state index in [0.717, 1.165) is 0 Å². The van der Waals surface area contributed by atoms with E-state index in [1.54, 1.807) is 29.5 Å². The minimum atomic E-state index is -0.439. The number of nitrogens with zero attached hydrogens (tertiary/aromatic N) is 2. The number of primary amides is 1. The average Bonchev–Trinajstić information content (AvgIpc) is 3.03. The summed E-state index contributed by atoms with van der Waals surface area (Å²) < 4.78 is 19.0. The molecule has 8 heteroatoms. The first kappa shape index (κ1) is 18.3. The number of aryl methyl sites for hydroxylation is 1. The van der Waals surface area contributed by atoms with E-state index in [1.807, 2.05) is 0 Å². The molecule has 0 saturated carbocycles. The quantitative estimate of drug-likeness (QED) is 0.867. The van der Waals surface area contributed by atoms with Crippen molar-refractivity contribution in [3.63, 3.8) is 0 Å². The molecule has 3 rings (SSSR count). The number of likely N-dealkylation sites (tertiary alicyclic amines) is 1. The highest BCUT2D eigenvalue weighted by Gasteiger charge is 2.35. The second-order valence-electron chi connectivity index (χ2n) is 6.35. The fourth-order valence-corrected chi connectivity index (χ4v) is 3.91. The number of carbonyl (C=O) groups is 2. The number of nitrogens with two attached hydrogens (primary N) is 1. The van der Waals surface area contributed by atoms with Crippen molar-refractivity contribution < 1.29 is 18.7 Å². The lowest BCUT2D eigenvalue weighted by Crippen LogP contribution is -2.49. The number of aromatic nitrogens is 1. The first-order valence-electron chi connectivity index (χ1n) is 8.34. The van der Waals surface area contributed by atoms with Crippen LogP contribution in [0.1, 0.15) is 28.2 Å². The Balaban J connectivity index is 1.72. The first-order chi connectivity index (χ1) is 12.4. The zero-order valence-corrected chi connectivity index (χ0v) is 15.2. The Labute approximate surface area is 154 Å². The van der Waals surface area contributed by atoms with Crippen molar-refractivity contribution in [3.8, 4) is 5.75 Å². The summed E-state index contributed by atoms with van der Waals surface area (Å²) in [6.45, 7) is 2.69. The van der Waals surface area contributed by atoms with E-state index in [4.69, 9.17) is 10.5 Å². The highest BCUT2D eigenvalue weighted by atomic mass is 32.1. The van der Waals surface area contributed by atoms with Gasteiger partial charge in [0.1, 0.15) is 22.5 Å². The molecule has 1 saturated heterocycles. The molecule has 2 atom stereocenters. The summed E-state index contributed by atoms with van der Waals surface area (Å²) in [6.07, 6.45) is 0.426. The summed E-state index contributed by atoms with van der Waals surface area (Å²) in [5, 5.41) is 0. The fraction of sp³-hybridized carbons (Fsp3) is 0.389. The van der Waals surface area contributed by atoms with Gasteiger partial charge < -0.3 is 15.4 Å². The van der Waals surface area contributed by atoms with Gasteiger partial charge in [0.15, 0.2) is 0 Å². The van der Waals surface area contributed by atoms with Crippen LogP contribution in [-0.2, 0) is 4.79 Å². The zero-order valence-electron chi connectivity index (χ0n) is 14.4. The summed E-state index contributed by atoms with van der Waals surface area (Å²) in [5.41, 5.74) is 7.73. The predicted octanol–water partition coefficient (Wildman–Crippen LogP) is 2.38. The zero-order chi connectivity index (χ0) is 18.7. The topological polar surface area (TPSA) is 85.5 Å². The van der Waals surface area contributed by atoms with Crippen LogP contribution in [0.2, 0.25) is 0 Å². The summed E-state index contributed by atoms with van der Waals surface area (Å²) in [5.74, 6) is -0.551. The molecule has 138 valence electrons. The third-order valence-corrected chi connectivity index (χ3v) is 5.37. The van der Waals surface area contributed by atoms with Crippen LogP contribution in [0.15, 0.2) is 29.8 Å². The van der Waals surface area contributed by atoms with Crippen molar-refractivity contribution in [1.82, 2.24) is 9.88 Å². The standard InChI is InChI=1S/C18H20FN3O3S/c1-11-17(26-10-21-11)18(24)22-7-6-15(12(9-22)8-16(20)23)25-14-4-2-13(19)3-5-14/h2-5,10,12,15H,6-9H2,1H3,(H2,20,23)/t12-,15-/m0/s1. The van der Waals surface area contributed by atoms with E-state index in [0.29, 0.717) is 35.8 Å². The molecule has 1 aliphatic rings. The number of halogens is 1. The third kappa shape index (κ3) is 4.19. The lowest BCUT2D eigenvalue weighted by Gasteiger charge is -2.38. The van der Waals surface area contributed by atoms with Gasteiger partial charge in [-0.1, -0.05) is 0 Å². The van der Waals surface area contributed by atoms with Gasteiger partial charge in [-0.3, -0.25) is 9.59 Å². The molecule has 0 bridgehead atoms. The van der Waals surface area contributed by atoms with Crippen LogP contribution >= 0.6 is 11.3 Å². The second-order valence-corrected chi connectivity index (χ2v) is 7.20. The largest absolute Gasteiger partial charge is 0.490 e. The van der Waals surface area contributed by atoms with Gasteiger partial charge in [-0.2, -0.15) is 0 Å². The Kier molecular flexibility index (Phi) is 5.51. The maximum Gasteiger partial charge on any atom is 0.265 e. The Morgan fingerprint density at radius 1 is 1.38 bits per heavy atom. The molecule has 0 aliphatic carbocycles. The number of thiazole rings is 1. The molecule has 0 spiro atoms. The van der Waals surface area contributed by atoms with Crippen LogP contribution in [0.4, 0.5) is 4.39 Å². The lowest BCUT2D eigenvalue weighted by molar-refractivity contribution is -0.120. The van der Waals surface area contributed by atoms with E-state index in [1.165, 1.54) is 23.5 Å². The van der Waals surface area contributed by atoms with Crippen LogP contribution in [0, 0.1) is 18.7 Å². The number of carbonyl (C=O) groups excluding carboxylic acids is 2. The SMILES string of the molecule is Cc1ncsc1C(=O)N1CC[C@H](Oc2ccc(F)cc2)[C@@H](CC(N)=O)C1. The van der Waals surface area contributed by atoms with Crippen LogP contribution < -0.4 is 10.5 Å². The predicted molar refractivity (Wildman–Crippen MR) is 95.5 cm³/mol. The number of piperidine rings is 1. The summed E-state index contributed by atoms with van der Waals surface area (Å²) in [4.78, 5) is 30.6. The number of rotatable bonds is 5. The number of amides is 2. The molecule has 1 aromatic heterocycles. The van der Waals surface area contributed by atoms with Crippen molar-refractivity contribution in [1.29, 1.82) is 0 Å². The molecule has 26 heavy (non-hydrogen) atoms. The summed E-state index contributed by atoms with van der Waals surface area (Å²) in [6, 6.07) is 5.75. The summed E-state index contributed by atoms with van der Waals surface area (Å²) in [7, 11) is 0. The van der Waals surface area contributed by atoms with E-state index >= 15 is 0 Å². The van der Waals surface area contributed by atoms with Gasteiger partial charge in [0.05, 0.1) is 11.2 Å². The number of hydrogen-bond donors (Lipinski definition) is 1. The Morgan fingerprint density at radius 2 is 2.12 bits per heavy atom. The Hall–Kier alpha value is -2.48. The van der Waals surface area contributed by atoms with Crippen molar-refractivity contribution >= 4 is 23.2 Å². The minimum absolute atomic E-state index is 0.0836. The Bertz CT molecular complexity index is 793. The first-order valence-corrected chi connectivity index (χ1v) is 9.22. The van der Waals surface area contributed by atoms with Crippen molar-refractivity contribution in [2.24, 2.45) is 11.7 Å². The molecule has 6 nitrogen and oxygen atoms in total. The number of ether oxygens (including phenoxy) is 1. The highest BCUT2D eigenvalue weighted by molar-refractivity contribution is 7.11. The molecular formula is C18H20FN3O3S. The van der Waals surface area contributed by atoms with E-state index in [2.05, 4.69) is 4.98 Å². The number of hydrogen-bond acceptors (Lipinski definition) is 5. The van der Waals surface area contributed by atoms with Crippen LogP contribution in [0.25, 0.3) is 0 Å². The van der Waals surface area contributed by atoms with Crippen LogP contribution in [0.5, 0.6) is 5.75 Å². The van der Waals surface area contributed by atoms with Gasteiger partial charge in [-0.25, -0.2) is 9.37 Å². The van der Waals surface area contributed by atoms with Crippen molar-refractivity contribution in [3.05, 3.63) is 46.2 Å². The second kappa shape index (κ2) is 7.82. The van der Waals surface area contributed by atoms with Gasteiger partial charge in [-0.15, -0.1) is 11.3 Å². The minimum Gasteiger partial charge on any atom is -0.490 e. The normalized spacial score (nSPS) is 20.0. The van der Waals surface area contributed by atoms with E-state index in [9.17, 15) is 14.0 Å². The smallest absolute Gasteiger partial charge is 0.265 e. The van der Waals surface area contributed by atoms with Crippen molar-refractivity contribution in [2.45, 2.75) is 25.9 Å². The average molecular weight is 377 g/mol. The van der Waals surface area contributed by atoms with Gasteiger partial charge in [0.2, 0.25) is 5.91 Å². The molecule has 2 N–H and O–H groups in total. The van der Waals surface area contributed by atoms with E-state index < -0.39 is 5.91 Å². The van der Waals surface area contributed by atoms with Crippen molar-refractivity contribution in [2.75, 3.05) is 13.1 Å².